The molecule has 16 heavy (non-hydrogen) atoms. The first kappa shape index (κ1) is 12.2. The van der Waals surface area contributed by atoms with Crippen LogP contribution in [-0.4, -0.2) is 28.0 Å². The first-order valence-corrected chi connectivity index (χ1v) is 7.58. The summed E-state index contributed by atoms with van der Waals surface area (Å²) in [6.45, 7) is 2.08. The summed E-state index contributed by atoms with van der Waals surface area (Å²) in [5.74, 6) is 1.24. The average molecular weight is 303 g/mol. The molecule has 0 spiro atoms. The summed E-state index contributed by atoms with van der Waals surface area (Å²) < 4.78 is 12.8. The molecule has 0 unspecified atom stereocenters. The van der Waals surface area contributed by atoms with Gasteiger partial charge in [-0.05, 0) is 59.9 Å². The Kier molecular flexibility index (Phi) is 4.49. The van der Waals surface area contributed by atoms with Crippen LogP contribution in [0.25, 0.3) is 0 Å². The summed E-state index contributed by atoms with van der Waals surface area (Å²) in [6.07, 6.45) is 2.36. The number of halogens is 1. The van der Waals surface area contributed by atoms with Gasteiger partial charge in [0, 0.05) is 5.75 Å². The summed E-state index contributed by atoms with van der Waals surface area (Å²) in [4.78, 5) is 4.23. The molecular weight excluding hydrogens is 288 g/mol. The van der Waals surface area contributed by atoms with Crippen molar-refractivity contribution in [1.82, 2.24) is 10.3 Å². The molecule has 2 atom stereocenters. The van der Waals surface area contributed by atoms with E-state index in [0.29, 0.717) is 10.9 Å². The molecule has 1 fully saturated rings. The van der Waals surface area contributed by atoms with Gasteiger partial charge in [0.05, 0.1) is 10.8 Å². The van der Waals surface area contributed by atoms with Crippen LogP contribution in [0.3, 0.4) is 0 Å². The molecule has 5 heteroatoms. The van der Waals surface area contributed by atoms with Crippen LogP contribution >= 0.6 is 15.9 Å². The molecule has 3 nitrogen and oxygen atoms in total. The van der Waals surface area contributed by atoms with Crippen LogP contribution in [0.1, 0.15) is 12.8 Å². The second kappa shape index (κ2) is 5.89. The standard InChI is InChI=1S/C11H15BrN2OS/c12-10-4-1-5-11(14-10)16(15)8-9-3-2-6-13-7-9/h1,4-5,9,13H,2-3,6-8H2/t9-,16-/m0/s1. The fraction of sp³-hybridized carbons (Fsp3) is 0.545. The Morgan fingerprint density at radius 3 is 3.12 bits per heavy atom. The summed E-state index contributed by atoms with van der Waals surface area (Å²) in [5.41, 5.74) is 0. The monoisotopic (exact) mass is 302 g/mol. The lowest BCUT2D eigenvalue weighted by Crippen LogP contribution is -2.32. The Hall–Kier alpha value is -0.260. The van der Waals surface area contributed by atoms with E-state index in [4.69, 9.17) is 0 Å². The molecule has 0 radical (unpaired) electrons. The van der Waals surface area contributed by atoms with Crippen molar-refractivity contribution in [2.45, 2.75) is 17.9 Å². The molecule has 1 aromatic heterocycles. The van der Waals surface area contributed by atoms with Crippen LogP contribution < -0.4 is 5.32 Å². The largest absolute Gasteiger partial charge is 0.316 e. The van der Waals surface area contributed by atoms with E-state index in [1.54, 1.807) is 0 Å². The van der Waals surface area contributed by atoms with Crippen LogP contribution in [0.2, 0.25) is 0 Å². The maximum Gasteiger partial charge on any atom is 0.128 e. The second-order valence-corrected chi connectivity index (χ2v) is 6.28. The van der Waals surface area contributed by atoms with Crippen LogP contribution in [0.4, 0.5) is 0 Å². The van der Waals surface area contributed by atoms with Crippen LogP contribution in [0.15, 0.2) is 27.8 Å². The molecule has 1 saturated heterocycles. The van der Waals surface area contributed by atoms with Gasteiger partial charge in [-0.2, -0.15) is 0 Å². The fourth-order valence-electron chi connectivity index (χ4n) is 1.88. The molecule has 0 aromatic carbocycles. The van der Waals surface area contributed by atoms with Crippen molar-refractivity contribution in [2.75, 3.05) is 18.8 Å². The van der Waals surface area contributed by atoms with Crippen LogP contribution in [-0.2, 0) is 10.8 Å². The summed E-state index contributed by atoms with van der Waals surface area (Å²) in [6, 6.07) is 5.56. The van der Waals surface area contributed by atoms with Gasteiger partial charge in [0.1, 0.15) is 9.63 Å². The Morgan fingerprint density at radius 2 is 2.44 bits per heavy atom. The molecule has 2 rings (SSSR count). The third-order valence-electron chi connectivity index (χ3n) is 2.71. The zero-order valence-corrected chi connectivity index (χ0v) is 11.4. The minimum absolute atomic E-state index is 0.523. The van der Waals surface area contributed by atoms with E-state index in [1.807, 2.05) is 18.2 Å². The Labute approximate surface area is 107 Å². The predicted molar refractivity (Wildman–Crippen MR) is 68.8 cm³/mol. The number of aromatic nitrogens is 1. The zero-order chi connectivity index (χ0) is 11.4. The summed E-state index contributed by atoms with van der Waals surface area (Å²) in [5, 5.41) is 4.02. The zero-order valence-electron chi connectivity index (χ0n) is 8.99. The van der Waals surface area contributed by atoms with Gasteiger partial charge in [-0.3, -0.25) is 4.21 Å². The van der Waals surface area contributed by atoms with Gasteiger partial charge in [0.15, 0.2) is 0 Å². The molecular formula is C11H15BrN2OS. The maximum absolute atomic E-state index is 12.1. The molecule has 88 valence electrons. The number of pyridine rings is 1. The molecule has 0 saturated carbocycles. The van der Waals surface area contributed by atoms with Gasteiger partial charge in [0.2, 0.25) is 0 Å². The van der Waals surface area contributed by atoms with Gasteiger partial charge in [0.25, 0.3) is 0 Å². The molecule has 1 N–H and O–H groups in total. The van der Waals surface area contributed by atoms with Gasteiger partial charge in [-0.25, -0.2) is 4.98 Å². The number of rotatable bonds is 3. The van der Waals surface area contributed by atoms with E-state index in [9.17, 15) is 4.21 Å². The molecule has 1 aromatic rings. The van der Waals surface area contributed by atoms with Gasteiger partial charge in [-0.15, -0.1) is 0 Å². The number of nitrogens with one attached hydrogen (secondary N) is 1. The Balaban J connectivity index is 1.97. The predicted octanol–water partition coefficient (Wildman–Crippen LogP) is 1.95. The van der Waals surface area contributed by atoms with E-state index >= 15 is 0 Å². The van der Waals surface area contributed by atoms with Crippen LogP contribution in [0, 0.1) is 5.92 Å². The van der Waals surface area contributed by atoms with Crippen molar-refractivity contribution in [3.8, 4) is 0 Å². The minimum atomic E-state index is -0.972. The molecule has 2 heterocycles. The Bertz CT molecular complexity index is 380. The highest BCUT2D eigenvalue weighted by atomic mass is 79.9. The number of hydrogen-bond donors (Lipinski definition) is 1. The van der Waals surface area contributed by atoms with E-state index < -0.39 is 10.8 Å². The van der Waals surface area contributed by atoms with Crippen molar-refractivity contribution >= 4 is 26.7 Å². The number of piperidine rings is 1. The lowest BCUT2D eigenvalue weighted by atomic mass is 10.0. The van der Waals surface area contributed by atoms with E-state index in [0.717, 1.165) is 23.4 Å². The van der Waals surface area contributed by atoms with E-state index in [2.05, 4.69) is 26.2 Å². The van der Waals surface area contributed by atoms with Gasteiger partial charge >= 0.3 is 0 Å². The smallest absolute Gasteiger partial charge is 0.128 e. The van der Waals surface area contributed by atoms with Crippen molar-refractivity contribution in [2.24, 2.45) is 5.92 Å². The quantitative estimate of drug-likeness (QED) is 0.868. The topological polar surface area (TPSA) is 42.0 Å². The highest BCUT2D eigenvalue weighted by Crippen LogP contribution is 2.16. The molecule has 0 aliphatic carbocycles. The SMILES string of the molecule is O=[S@@](C[C@H]1CCCNC1)c1cccc(Br)n1. The van der Waals surface area contributed by atoms with Crippen molar-refractivity contribution in [3.63, 3.8) is 0 Å². The molecule has 1 aliphatic heterocycles. The second-order valence-electron chi connectivity index (χ2n) is 4.02. The number of hydrogen-bond acceptors (Lipinski definition) is 3. The van der Waals surface area contributed by atoms with E-state index in [1.165, 1.54) is 12.8 Å². The minimum Gasteiger partial charge on any atom is -0.316 e. The maximum atomic E-state index is 12.1. The third kappa shape index (κ3) is 3.37. The lowest BCUT2D eigenvalue weighted by molar-refractivity contribution is 0.408. The molecule has 1 aliphatic rings. The third-order valence-corrected chi connectivity index (χ3v) is 4.62. The normalized spacial score (nSPS) is 22.9. The van der Waals surface area contributed by atoms with Crippen molar-refractivity contribution < 1.29 is 4.21 Å². The van der Waals surface area contributed by atoms with E-state index in [-0.39, 0.29) is 0 Å². The summed E-state index contributed by atoms with van der Waals surface area (Å²) >= 11 is 3.30. The molecule has 0 bridgehead atoms. The highest BCUT2D eigenvalue weighted by Gasteiger charge is 2.17. The summed E-state index contributed by atoms with van der Waals surface area (Å²) in [7, 11) is -0.972. The first-order chi connectivity index (χ1) is 7.75. The van der Waals surface area contributed by atoms with Crippen molar-refractivity contribution in [1.29, 1.82) is 0 Å². The Morgan fingerprint density at radius 1 is 1.56 bits per heavy atom. The average Bonchev–Trinajstić information content (AvgIpc) is 2.30. The van der Waals surface area contributed by atoms with Crippen molar-refractivity contribution in [3.05, 3.63) is 22.8 Å². The van der Waals surface area contributed by atoms with Gasteiger partial charge in [-0.1, -0.05) is 6.07 Å². The molecule has 0 amide bonds. The van der Waals surface area contributed by atoms with Crippen LogP contribution in [0.5, 0.6) is 0 Å². The fourth-order valence-corrected chi connectivity index (χ4v) is 3.66. The lowest BCUT2D eigenvalue weighted by Gasteiger charge is -2.21. The van der Waals surface area contributed by atoms with Gasteiger partial charge < -0.3 is 5.32 Å². The highest BCUT2D eigenvalue weighted by molar-refractivity contribution is 9.10. The number of nitrogens with zero attached hydrogens (tertiary/aromatic N) is 1. The first-order valence-electron chi connectivity index (χ1n) is 5.47.